The summed E-state index contributed by atoms with van der Waals surface area (Å²) < 4.78 is 5.58. The molecule has 0 radical (unpaired) electrons. The van der Waals surface area contributed by atoms with Gasteiger partial charge in [0, 0.05) is 5.56 Å². The number of aromatic nitrogens is 3. The summed E-state index contributed by atoms with van der Waals surface area (Å²) in [5.74, 6) is 0.641. The Hall–Kier alpha value is -2.37. The number of hydrogen-bond acceptors (Lipinski definition) is 4. The second-order valence-electron chi connectivity index (χ2n) is 4.61. The first-order chi connectivity index (χ1) is 9.08. The number of rotatable bonds is 5. The Morgan fingerprint density at radius 3 is 2.58 bits per heavy atom. The Morgan fingerprint density at radius 1 is 1.32 bits per heavy atom. The fraction of sp³-hybridized carbons (Fsp3) is 0.308. The highest BCUT2D eigenvalue weighted by Gasteiger charge is 2.14. The van der Waals surface area contributed by atoms with Crippen molar-refractivity contribution in [2.75, 3.05) is 6.61 Å². The minimum atomic E-state index is -0.608. The number of benzene rings is 1. The van der Waals surface area contributed by atoms with Crippen molar-refractivity contribution in [1.82, 2.24) is 15.4 Å². The van der Waals surface area contributed by atoms with Crippen LogP contribution in [0.1, 0.15) is 24.3 Å². The van der Waals surface area contributed by atoms with Crippen LogP contribution < -0.4 is 10.5 Å². The highest BCUT2D eigenvalue weighted by molar-refractivity contribution is 5.96. The van der Waals surface area contributed by atoms with Crippen LogP contribution in [0.4, 0.5) is 0 Å². The van der Waals surface area contributed by atoms with Crippen LogP contribution in [0, 0.1) is 5.92 Å². The van der Waals surface area contributed by atoms with E-state index in [9.17, 15) is 4.79 Å². The van der Waals surface area contributed by atoms with Crippen molar-refractivity contribution in [3.05, 3.63) is 30.0 Å². The van der Waals surface area contributed by atoms with E-state index in [2.05, 4.69) is 29.3 Å². The number of H-pyrrole nitrogens is 1. The molecule has 0 saturated heterocycles. The Labute approximate surface area is 111 Å². The first kappa shape index (κ1) is 13.1. The molecule has 1 aromatic heterocycles. The molecule has 0 aliphatic heterocycles. The maximum absolute atomic E-state index is 11.2. The Morgan fingerprint density at radius 2 is 2.00 bits per heavy atom. The molecule has 0 spiro atoms. The fourth-order valence-electron chi connectivity index (χ4n) is 1.58. The van der Waals surface area contributed by atoms with Crippen LogP contribution >= 0.6 is 0 Å². The van der Waals surface area contributed by atoms with E-state index in [0.717, 1.165) is 11.3 Å². The molecule has 0 aliphatic carbocycles. The van der Waals surface area contributed by atoms with E-state index in [1.54, 1.807) is 0 Å². The van der Waals surface area contributed by atoms with Crippen molar-refractivity contribution in [3.8, 4) is 17.0 Å². The molecule has 0 fully saturated rings. The molecule has 0 atom stereocenters. The summed E-state index contributed by atoms with van der Waals surface area (Å²) in [5.41, 5.74) is 6.57. The number of ether oxygens (including phenoxy) is 1. The summed E-state index contributed by atoms with van der Waals surface area (Å²) in [7, 11) is 0. The maximum atomic E-state index is 11.2. The van der Waals surface area contributed by atoms with Gasteiger partial charge in [0.1, 0.15) is 11.4 Å². The molecule has 1 aromatic carbocycles. The van der Waals surface area contributed by atoms with Gasteiger partial charge < -0.3 is 10.5 Å². The van der Waals surface area contributed by atoms with Crippen LogP contribution in [-0.2, 0) is 0 Å². The molecule has 1 amide bonds. The molecule has 0 saturated carbocycles. The van der Waals surface area contributed by atoms with Gasteiger partial charge in [-0.25, -0.2) is 0 Å². The molecule has 0 unspecified atom stereocenters. The van der Waals surface area contributed by atoms with E-state index >= 15 is 0 Å². The van der Waals surface area contributed by atoms with E-state index in [0.29, 0.717) is 18.2 Å². The van der Waals surface area contributed by atoms with Crippen molar-refractivity contribution >= 4 is 5.91 Å². The Balaban J connectivity index is 2.18. The third-order valence-electron chi connectivity index (χ3n) is 2.49. The van der Waals surface area contributed by atoms with E-state index in [4.69, 9.17) is 10.5 Å². The molecule has 6 heteroatoms. The summed E-state index contributed by atoms with van der Waals surface area (Å²) in [6.45, 7) is 4.83. The van der Waals surface area contributed by atoms with Gasteiger partial charge in [-0.15, -0.1) is 0 Å². The second kappa shape index (κ2) is 5.51. The number of nitrogens with zero attached hydrogens (tertiary/aromatic N) is 2. The van der Waals surface area contributed by atoms with E-state index in [1.807, 2.05) is 24.3 Å². The molecule has 0 bridgehead atoms. The fourth-order valence-corrected chi connectivity index (χ4v) is 1.58. The van der Waals surface area contributed by atoms with E-state index in [-0.39, 0.29) is 5.69 Å². The zero-order valence-corrected chi connectivity index (χ0v) is 10.9. The number of primary amides is 1. The summed E-state index contributed by atoms with van der Waals surface area (Å²) >= 11 is 0. The first-order valence-electron chi connectivity index (χ1n) is 6.01. The monoisotopic (exact) mass is 260 g/mol. The molecule has 1 heterocycles. The van der Waals surface area contributed by atoms with Gasteiger partial charge in [-0.3, -0.25) is 4.79 Å². The number of amides is 1. The SMILES string of the molecule is CC(C)COc1ccc(-c2n[nH]nc2C(N)=O)cc1. The molecule has 0 aliphatic rings. The molecule has 6 nitrogen and oxygen atoms in total. The normalized spacial score (nSPS) is 10.7. The van der Waals surface area contributed by atoms with Crippen molar-refractivity contribution in [1.29, 1.82) is 0 Å². The predicted molar refractivity (Wildman–Crippen MR) is 70.7 cm³/mol. The highest BCUT2D eigenvalue weighted by Crippen LogP contribution is 2.22. The Bertz CT molecular complexity index is 560. The Kier molecular flexibility index (Phi) is 3.79. The van der Waals surface area contributed by atoms with Gasteiger partial charge in [0.15, 0.2) is 5.69 Å². The number of nitrogens with two attached hydrogens (primary N) is 1. The highest BCUT2D eigenvalue weighted by atomic mass is 16.5. The van der Waals surface area contributed by atoms with Crippen LogP contribution in [-0.4, -0.2) is 27.9 Å². The number of carbonyl (C=O) groups is 1. The van der Waals surface area contributed by atoms with Crippen LogP contribution in [0.15, 0.2) is 24.3 Å². The molecular weight excluding hydrogens is 244 g/mol. The van der Waals surface area contributed by atoms with E-state index in [1.165, 1.54) is 0 Å². The summed E-state index contributed by atoms with van der Waals surface area (Å²) in [6.07, 6.45) is 0. The maximum Gasteiger partial charge on any atom is 0.271 e. The lowest BCUT2D eigenvalue weighted by atomic mass is 10.1. The zero-order valence-electron chi connectivity index (χ0n) is 10.9. The van der Waals surface area contributed by atoms with Crippen molar-refractivity contribution < 1.29 is 9.53 Å². The summed E-state index contributed by atoms with van der Waals surface area (Å²) in [5, 5.41) is 10.1. The third kappa shape index (κ3) is 3.09. The lowest BCUT2D eigenvalue weighted by Gasteiger charge is -2.08. The van der Waals surface area contributed by atoms with E-state index < -0.39 is 5.91 Å². The van der Waals surface area contributed by atoms with Crippen molar-refractivity contribution in [2.45, 2.75) is 13.8 Å². The smallest absolute Gasteiger partial charge is 0.271 e. The predicted octanol–water partition coefficient (Wildman–Crippen LogP) is 1.61. The van der Waals surface area contributed by atoms with Gasteiger partial charge in [0.2, 0.25) is 0 Å². The van der Waals surface area contributed by atoms with Gasteiger partial charge in [-0.1, -0.05) is 13.8 Å². The number of aromatic amines is 1. The largest absolute Gasteiger partial charge is 0.493 e. The van der Waals surface area contributed by atoms with Crippen molar-refractivity contribution in [3.63, 3.8) is 0 Å². The second-order valence-corrected chi connectivity index (χ2v) is 4.61. The summed E-state index contributed by atoms with van der Waals surface area (Å²) in [4.78, 5) is 11.2. The lowest BCUT2D eigenvalue weighted by Crippen LogP contribution is -2.12. The molecular formula is C13H16N4O2. The molecule has 100 valence electrons. The van der Waals surface area contributed by atoms with Gasteiger partial charge in [-0.05, 0) is 30.2 Å². The van der Waals surface area contributed by atoms with Gasteiger partial charge in [0.05, 0.1) is 6.61 Å². The van der Waals surface area contributed by atoms with Gasteiger partial charge in [-0.2, -0.15) is 15.4 Å². The van der Waals surface area contributed by atoms with Crippen LogP contribution in [0.2, 0.25) is 0 Å². The lowest BCUT2D eigenvalue weighted by molar-refractivity contribution is 0.0996. The van der Waals surface area contributed by atoms with Crippen LogP contribution in [0.3, 0.4) is 0 Å². The minimum absolute atomic E-state index is 0.135. The van der Waals surface area contributed by atoms with Crippen LogP contribution in [0.5, 0.6) is 5.75 Å². The number of carbonyl (C=O) groups excluding carboxylic acids is 1. The average molecular weight is 260 g/mol. The molecule has 19 heavy (non-hydrogen) atoms. The molecule has 3 N–H and O–H groups in total. The van der Waals surface area contributed by atoms with Crippen LogP contribution in [0.25, 0.3) is 11.3 Å². The number of hydrogen-bond donors (Lipinski definition) is 2. The van der Waals surface area contributed by atoms with Gasteiger partial charge >= 0.3 is 0 Å². The molecule has 2 rings (SSSR count). The third-order valence-corrected chi connectivity index (χ3v) is 2.49. The van der Waals surface area contributed by atoms with Gasteiger partial charge in [0.25, 0.3) is 5.91 Å². The standard InChI is InChI=1S/C13H16N4O2/c1-8(2)7-19-10-5-3-9(4-6-10)11-12(13(14)18)16-17-15-11/h3-6,8H,7H2,1-2H3,(H2,14,18)(H,15,16,17). The summed E-state index contributed by atoms with van der Waals surface area (Å²) in [6, 6.07) is 7.30. The minimum Gasteiger partial charge on any atom is -0.493 e. The average Bonchev–Trinajstić information content (AvgIpc) is 2.86. The van der Waals surface area contributed by atoms with Crippen molar-refractivity contribution in [2.24, 2.45) is 11.7 Å². The topological polar surface area (TPSA) is 93.9 Å². The quantitative estimate of drug-likeness (QED) is 0.853. The first-order valence-corrected chi connectivity index (χ1v) is 6.01. The number of nitrogens with one attached hydrogen (secondary N) is 1. The molecule has 2 aromatic rings. The zero-order chi connectivity index (χ0) is 13.8.